The molecule has 0 radical (unpaired) electrons. The van der Waals surface area contributed by atoms with Crippen LogP contribution >= 0.6 is 15.6 Å². The summed E-state index contributed by atoms with van der Waals surface area (Å²) >= 11 is 0. The van der Waals surface area contributed by atoms with Crippen LogP contribution in [0.4, 0.5) is 4.79 Å². The first-order valence-electron chi connectivity index (χ1n) is 11.7. The van der Waals surface area contributed by atoms with Crippen molar-refractivity contribution >= 4 is 21.8 Å². The highest BCUT2D eigenvalue weighted by Crippen LogP contribution is 2.56. The van der Waals surface area contributed by atoms with Crippen molar-refractivity contribution in [3.8, 4) is 5.75 Å². The molecule has 0 spiro atoms. The molecule has 18 heteroatoms. The van der Waals surface area contributed by atoms with Crippen molar-refractivity contribution in [2.75, 3.05) is 6.61 Å². The van der Waals surface area contributed by atoms with Gasteiger partial charge in [-0.25, -0.2) is 13.9 Å². The summed E-state index contributed by atoms with van der Waals surface area (Å²) in [5.74, 6) is 0.0875. The molecule has 0 amide bonds. The lowest BCUT2D eigenvalue weighted by molar-refractivity contribution is -0.246. The van der Waals surface area contributed by atoms with Gasteiger partial charge in [-0.1, -0.05) is 48.5 Å². The fourth-order valence-corrected chi connectivity index (χ4v) is 5.61. The number of para-hydroxylation sites is 1. The number of phosphoric acid groups is 2. The average Bonchev–Trinajstić information content (AvgIpc) is 3.21. The number of aromatic amines is 1. The van der Waals surface area contributed by atoms with Crippen molar-refractivity contribution in [3.63, 3.8) is 0 Å². The van der Waals surface area contributed by atoms with E-state index >= 15 is 0 Å². The number of aliphatic hydroxyl groups excluding tert-OH is 1. The molecule has 6 atom stereocenters. The fourth-order valence-electron chi connectivity index (χ4n) is 3.62. The number of aliphatic hydroxyl groups is 1. The zero-order valence-electron chi connectivity index (χ0n) is 20.7. The minimum Gasteiger partial charge on any atom is -0.756 e. The molecular weight excluding hydrogens is 590 g/mol. The SMILES string of the molecule is O=C(Oc1ccccc1)OC1[C@@H](O)[C@@H](COP(=O)([O-])OP(=O)([O-])OCc2ccccc2)O[C@H]1n1ccc(=O)[nH]c1=O. The van der Waals surface area contributed by atoms with Crippen molar-refractivity contribution in [2.45, 2.75) is 31.1 Å². The Balaban J connectivity index is 1.44. The molecule has 0 bridgehead atoms. The number of carbonyl (C=O) groups is 1. The van der Waals surface area contributed by atoms with Crippen LogP contribution in [-0.2, 0) is 38.6 Å². The second kappa shape index (κ2) is 13.0. The van der Waals surface area contributed by atoms with Gasteiger partial charge in [-0.15, -0.1) is 0 Å². The van der Waals surface area contributed by atoms with E-state index in [1.165, 1.54) is 24.3 Å². The first-order chi connectivity index (χ1) is 19.4. The van der Waals surface area contributed by atoms with E-state index in [0.717, 1.165) is 16.8 Å². The molecule has 2 aromatic carbocycles. The standard InChI is InChI=1S/C23H24N2O14P2/c26-18-11-12-25(22(28)24-18)21-20(38-23(29)36-16-9-5-2-6-10-16)19(27)17(37-21)14-35-41(32,33)39-40(30,31)34-13-15-7-3-1-4-8-15/h1-12,17,19-21,27H,13-14H2,(H,30,31)(H,32,33)(H,24,26,28)/p-2/t17-,19+,20?,21-/m1/s1. The van der Waals surface area contributed by atoms with Gasteiger partial charge in [0, 0.05) is 12.3 Å². The van der Waals surface area contributed by atoms with Gasteiger partial charge in [0.15, 0.2) is 12.3 Å². The summed E-state index contributed by atoms with van der Waals surface area (Å²) in [6, 6.07) is 16.6. The number of phosphoric ester groups is 2. The number of hydrogen-bond donors (Lipinski definition) is 2. The summed E-state index contributed by atoms with van der Waals surface area (Å²) < 4.78 is 53.9. The number of nitrogens with one attached hydrogen (secondary N) is 1. The van der Waals surface area contributed by atoms with E-state index in [1.54, 1.807) is 36.4 Å². The van der Waals surface area contributed by atoms with Gasteiger partial charge in [-0.05, 0) is 17.7 Å². The highest BCUT2D eigenvalue weighted by molar-refractivity contribution is 7.59. The van der Waals surface area contributed by atoms with Gasteiger partial charge in [0.25, 0.3) is 21.2 Å². The molecule has 0 aliphatic carbocycles. The molecule has 16 nitrogen and oxygen atoms in total. The Hall–Kier alpha value is -3.43. The molecule has 2 heterocycles. The van der Waals surface area contributed by atoms with Crippen LogP contribution in [0.15, 0.2) is 82.5 Å². The van der Waals surface area contributed by atoms with E-state index in [-0.39, 0.29) is 5.75 Å². The van der Waals surface area contributed by atoms with Gasteiger partial charge in [-0.3, -0.25) is 23.5 Å². The van der Waals surface area contributed by atoms with Crippen LogP contribution in [0.1, 0.15) is 11.8 Å². The van der Waals surface area contributed by atoms with E-state index in [0.29, 0.717) is 5.56 Å². The number of rotatable bonds is 11. The summed E-state index contributed by atoms with van der Waals surface area (Å²) in [6.45, 7) is -1.55. The molecular formula is C23H22N2O14P2-2. The Morgan fingerprint density at radius 3 is 2.27 bits per heavy atom. The van der Waals surface area contributed by atoms with Crippen LogP contribution in [-0.4, -0.2) is 45.7 Å². The van der Waals surface area contributed by atoms with Crippen LogP contribution in [0.3, 0.4) is 0 Å². The topological polar surface area (TPSA) is 228 Å². The highest BCUT2D eigenvalue weighted by Gasteiger charge is 2.48. The monoisotopic (exact) mass is 612 g/mol. The molecule has 1 saturated heterocycles. The summed E-state index contributed by atoms with van der Waals surface area (Å²) in [5.41, 5.74) is -1.36. The minimum absolute atomic E-state index is 0.0875. The van der Waals surface area contributed by atoms with Crippen LogP contribution in [0.25, 0.3) is 0 Å². The van der Waals surface area contributed by atoms with Crippen LogP contribution in [0.5, 0.6) is 5.75 Å². The zero-order chi connectivity index (χ0) is 29.6. The van der Waals surface area contributed by atoms with Gasteiger partial charge in [0.2, 0.25) is 0 Å². The minimum atomic E-state index is -5.61. The lowest BCUT2D eigenvalue weighted by atomic mass is 10.1. The molecule has 3 aromatic rings. The van der Waals surface area contributed by atoms with Crippen LogP contribution in [0, 0.1) is 0 Å². The highest BCUT2D eigenvalue weighted by atomic mass is 31.3. The summed E-state index contributed by atoms with van der Waals surface area (Å²) in [4.78, 5) is 62.4. The van der Waals surface area contributed by atoms with E-state index in [4.69, 9.17) is 14.2 Å². The molecule has 1 aromatic heterocycles. The number of benzene rings is 2. The van der Waals surface area contributed by atoms with Crippen molar-refractivity contribution in [1.29, 1.82) is 0 Å². The van der Waals surface area contributed by atoms with Crippen molar-refractivity contribution in [2.24, 2.45) is 0 Å². The van der Waals surface area contributed by atoms with Gasteiger partial charge in [-0.2, -0.15) is 0 Å². The number of nitrogens with zero attached hydrogens (tertiary/aromatic N) is 1. The Labute approximate surface area is 230 Å². The molecule has 220 valence electrons. The van der Waals surface area contributed by atoms with E-state index in [1.807, 2.05) is 4.98 Å². The molecule has 4 rings (SSSR count). The van der Waals surface area contributed by atoms with E-state index in [9.17, 15) is 38.4 Å². The van der Waals surface area contributed by atoms with Crippen LogP contribution in [0.2, 0.25) is 0 Å². The number of carbonyl (C=O) groups excluding carboxylic acids is 1. The Morgan fingerprint density at radius 1 is 0.976 bits per heavy atom. The molecule has 1 fully saturated rings. The predicted octanol–water partition coefficient (Wildman–Crippen LogP) is 0.566. The Morgan fingerprint density at radius 2 is 1.61 bits per heavy atom. The maximum absolute atomic E-state index is 12.4. The normalized spacial score (nSPS) is 23.3. The molecule has 1 aliphatic rings. The van der Waals surface area contributed by atoms with Crippen LogP contribution < -0.4 is 25.8 Å². The largest absolute Gasteiger partial charge is 0.756 e. The summed E-state index contributed by atoms with van der Waals surface area (Å²) in [6.07, 6.45) is -7.06. The van der Waals surface area contributed by atoms with Gasteiger partial charge >= 0.3 is 11.8 Å². The fraction of sp³-hybridized carbons (Fsp3) is 0.261. The predicted molar refractivity (Wildman–Crippen MR) is 132 cm³/mol. The van der Waals surface area contributed by atoms with Gasteiger partial charge < -0.3 is 38.2 Å². The Bertz CT molecular complexity index is 1550. The van der Waals surface area contributed by atoms with E-state index in [2.05, 4.69) is 13.4 Å². The van der Waals surface area contributed by atoms with Gasteiger partial charge in [0.1, 0.15) is 18.0 Å². The third kappa shape index (κ3) is 8.53. The molecule has 1 aliphatic heterocycles. The second-order valence-corrected chi connectivity index (χ2v) is 11.3. The van der Waals surface area contributed by atoms with Crippen molar-refractivity contribution in [3.05, 3.63) is 99.3 Å². The number of ether oxygens (including phenoxy) is 3. The maximum Gasteiger partial charge on any atom is 0.514 e. The summed E-state index contributed by atoms with van der Waals surface area (Å²) in [5, 5.41) is 10.8. The maximum atomic E-state index is 12.4. The smallest absolute Gasteiger partial charge is 0.514 e. The lowest BCUT2D eigenvalue weighted by Crippen LogP contribution is -2.41. The number of hydrogen-bond acceptors (Lipinski definition) is 14. The third-order valence-electron chi connectivity index (χ3n) is 5.44. The molecule has 0 saturated carbocycles. The lowest BCUT2D eigenvalue weighted by Gasteiger charge is -2.31. The summed E-state index contributed by atoms with van der Waals surface area (Å²) in [7, 11) is -11.0. The second-order valence-electron chi connectivity index (χ2n) is 8.35. The Kier molecular flexibility index (Phi) is 9.71. The first-order valence-corrected chi connectivity index (χ1v) is 14.6. The number of H-pyrrole nitrogens is 1. The average molecular weight is 612 g/mol. The first kappa shape index (κ1) is 30.5. The molecule has 41 heavy (non-hydrogen) atoms. The number of aromatic nitrogens is 2. The van der Waals surface area contributed by atoms with Crippen molar-refractivity contribution in [1.82, 2.24) is 9.55 Å². The van der Waals surface area contributed by atoms with Crippen molar-refractivity contribution < 1.29 is 56.4 Å². The zero-order valence-corrected chi connectivity index (χ0v) is 22.5. The van der Waals surface area contributed by atoms with E-state index < -0.39 is 70.8 Å². The quantitative estimate of drug-likeness (QED) is 0.171. The van der Waals surface area contributed by atoms with Gasteiger partial charge in [0.05, 0.1) is 13.2 Å². The molecule has 3 unspecified atom stereocenters. The third-order valence-corrected chi connectivity index (χ3v) is 7.95. The molecule has 2 N–H and O–H groups in total.